The lowest BCUT2D eigenvalue weighted by atomic mass is 9.76. The zero-order valence-corrected chi connectivity index (χ0v) is 22.1. The van der Waals surface area contributed by atoms with E-state index in [0.29, 0.717) is 0 Å². The molecule has 0 bridgehead atoms. The van der Waals surface area contributed by atoms with Gasteiger partial charge in [-0.05, 0) is 31.2 Å². The molecule has 2 aliphatic heterocycles. The van der Waals surface area contributed by atoms with E-state index < -0.39 is 101 Å². The van der Waals surface area contributed by atoms with Gasteiger partial charge in [0.25, 0.3) is 0 Å². The molecular weight excluding hydrogens is 580 g/mol. The second-order valence-corrected chi connectivity index (χ2v) is 10.4. The van der Waals surface area contributed by atoms with Crippen molar-refractivity contribution in [1.29, 1.82) is 0 Å². The first kappa shape index (κ1) is 30.5. The molecule has 0 spiro atoms. The number of aliphatic hydroxyl groups excluding tert-OH is 5. The highest BCUT2D eigenvalue weighted by Gasteiger charge is 2.66. The van der Waals surface area contributed by atoms with Crippen molar-refractivity contribution in [3.05, 3.63) is 46.6 Å². The van der Waals surface area contributed by atoms with Gasteiger partial charge in [-0.25, -0.2) is 4.79 Å². The Balaban J connectivity index is 1.72. The van der Waals surface area contributed by atoms with Crippen LogP contribution in [-0.2, 0) is 14.3 Å². The van der Waals surface area contributed by atoms with Gasteiger partial charge < -0.3 is 69.7 Å². The molecule has 1 aromatic heterocycles. The summed E-state index contributed by atoms with van der Waals surface area (Å²) in [5.41, 5.74) is -4.58. The van der Waals surface area contributed by atoms with E-state index in [2.05, 4.69) is 0 Å². The molecule has 10 atom stereocenters. The van der Waals surface area contributed by atoms with E-state index in [0.717, 1.165) is 12.1 Å². The van der Waals surface area contributed by atoms with E-state index in [-0.39, 0.29) is 16.9 Å². The van der Waals surface area contributed by atoms with Crippen LogP contribution in [-0.4, -0.2) is 118 Å². The number of phenolic OH excluding ortho intramolecular Hbond substituents is 3. The molecule has 0 unspecified atom stereocenters. The summed E-state index contributed by atoms with van der Waals surface area (Å²) in [4.78, 5) is 25.7. The molecule has 3 heterocycles. The second-order valence-electron chi connectivity index (χ2n) is 10.4. The van der Waals surface area contributed by atoms with Gasteiger partial charge in [0.2, 0.25) is 17.5 Å². The Morgan fingerprint density at radius 1 is 0.884 bits per heavy atom. The molecule has 2 fully saturated rings. The summed E-state index contributed by atoms with van der Waals surface area (Å²) in [5.74, 6) is -4.56. The molecule has 232 valence electrons. The molecule has 5 rings (SSSR count). The molecule has 0 aliphatic carbocycles. The van der Waals surface area contributed by atoms with Crippen LogP contribution in [0.4, 0.5) is 0 Å². The maximum Gasteiger partial charge on any atom is 0.335 e. The molecule has 3 aromatic rings. The van der Waals surface area contributed by atoms with Crippen LogP contribution >= 0.6 is 0 Å². The molecule has 0 saturated carbocycles. The highest BCUT2D eigenvalue weighted by molar-refractivity contribution is 5.88. The standard InChI is InChI=1S/C27H28O16/c1-8-15(31)17(33)18(34)24(40-8)27(39)23(36)19(35)22(25(37)38)43-26(27)42-21-16(32)14-12(30)6-11(29)7-13(14)41-20(21)9-2-4-10(28)5-3-9/h2-8,15,17-19,22-24,26,28-31,33-36,39H,1H3,(H,37,38)/t8-,15-,17+,18+,19+,22-,23-,24+,26+,27-/m0/s1. The average molecular weight is 609 g/mol. The van der Waals surface area contributed by atoms with Gasteiger partial charge >= 0.3 is 5.97 Å². The third-order valence-corrected chi connectivity index (χ3v) is 7.58. The third-order valence-electron chi connectivity index (χ3n) is 7.58. The monoisotopic (exact) mass is 608 g/mol. The zero-order valence-electron chi connectivity index (χ0n) is 22.1. The number of phenols is 3. The van der Waals surface area contributed by atoms with Gasteiger partial charge in [-0.15, -0.1) is 0 Å². The van der Waals surface area contributed by atoms with Gasteiger partial charge in [0.1, 0.15) is 64.8 Å². The number of fused-ring (bicyclic) bond motifs is 1. The van der Waals surface area contributed by atoms with Gasteiger partial charge in [-0.2, -0.15) is 0 Å². The number of carbonyl (C=O) groups is 1. The number of hydrogen-bond donors (Lipinski definition) is 10. The minimum absolute atomic E-state index is 0.0467. The highest BCUT2D eigenvalue weighted by Crippen LogP contribution is 2.42. The van der Waals surface area contributed by atoms with Crippen molar-refractivity contribution in [2.24, 2.45) is 0 Å². The molecule has 10 N–H and O–H groups in total. The average Bonchev–Trinajstić information content (AvgIpc) is 2.95. The van der Waals surface area contributed by atoms with Gasteiger partial charge in [0.15, 0.2) is 17.5 Å². The second kappa shape index (κ2) is 10.9. The van der Waals surface area contributed by atoms with Gasteiger partial charge in [0.05, 0.1) is 6.10 Å². The van der Waals surface area contributed by atoms with Crippen molar-refractivity contribution < 1.29 is 74.5 Å². The Hall–Kier alpha value is -4.00. The Morgan fingerprint density at radius 2 is 1.53 bits per heavy atom. The van der Waals surface area contributed by atoms with Crippen molar-refractivity contribution in [2.75, 3.05) is 0 Å². The molecule has 2 saturated heterocycles. The minimum Gasteiger partial charge on any atom is -0.508 e. The number of carboxylic acids is 1. The van der Waals surface area contributed by atoms with E-state index >= 15 is 0 Å². The van der Waals surface area contributed by atoms with Crippen molar-refractivity contribution in [1.82, 2.24) is 0 Å². The molecule has 2 aliphatic rings. The highest BCUT2D eigenvalue weighted by atomic mass is 16.7. The topological polar surface area (TPSA) is 277 Å². The number of carboxylic acid groups (broad SMARTS) is 1. The first-order valence-electron chi connectivity index (χ1n) is 12.8. The van der Waals surface area contributed by atoms with E-state index in [1.807, 2.05) is 0 Å². The van der Waals surface area contributed by atoms with Gasteiger partial charge in [-0.3, -0.25) is 4.79 Å². The number of aromatic hydroxyl groups is 3. The maximum absolute atomic E-state index is 13.8. The smallest absolute Gasteiger partial charge is 0.335 e. The largest absolute Gasteiger partial charge is 0.508 e. The molecule has 0 radical (unpaired) electrons. The lowest BCUT2D eigenvalue weighted by Crippen LogP contribution is -2.77. The van der Waals surface area contributed by atoms with Crippen LogP contribution in [0, 0.1) is 0 Å². The predicted octanol–water partition coefficient (Wildman–Crippen LogP) is -1.91. The van der Waals surface area contributed by atoms with Crippen LogP contribution in [0.25, 0.3) is 22.3 Å². The molecule has 16 nitrogen and oxygen atoms in total. The van der Waals surface area contributed by atoms with Crippen molar-refractivity contribution >= 4 is 16.9 Å². The predicted molar refractivity (Wildman–Crippen MR) is 139 cm³/mol. The summed E-state index contributed by atoms with van der Waals surface area (Å²) in [5, 5.41) is 104. The fraction of sp³-hybridized carbons (Fsp3) is 0.407. The molecule has 0 amide bonds. The summed E-state index contributed by atoms with van der Waals surface area (Å²) >= 11 is 0. The fourth-order valence-electron chi connectivity index (χ4n) is 5.25. The SMILES string of the molecule is C[C@@H]1O[C@@H]([C@]2(O)[C@H](Oc3c(-c4ccc(O)cc4)oc4cc(O)cc(O)c4c3=O)O[C@H](C(=O)O)[C@@H](O)[C@@H]2O)[C@H](O)[C@H](O)[C@H]1O. The summed E-state index contributed by atoms with van der Waals surface area (Å²) in [6.45, 7) is 1.25. The quantitative estimate of drug-likeness (QED) is 0.151. The maximum atomic E-state index is 13.8. The lowest BCUT2D eigenvalue weighted by molar-refractivity contribution is -0.365. The number of aliphatic hydroxyl groups is 6. The Labute approximate surface area is 240 Å². The molecular formula is C27H28O16. The van der Waals surface area contributed by atoms with Crippen molar-refractivity contribution in [3.63, 3.8) is 0 Å². The van der Waals surface area contributed by atoms with Crippen LogP contribution in [0.5, 0.6) is 23.0 Å². The van der Waals surface area contributed by atoms with Crippen LogP contribution in [0.3, 0.4) is 0 Å². The van der Waals surface area contributed by atoms with Crippen LogP contribution in [0.1, 0.15) is 6.92 Å². The third kappa shape index (κ3) is 4.92. The van der Waals surface area contributed by atoms with Gasteiger partial charge in [-0.1, -0.05) is 0 Å². The van der Waals surface area contributed by atoms with E-state index in [9.17, 15) is 60.7 Å². The Kier molecular flexibility index (Phi) is 7.74. The zero-order chi connectivity index (χ0) is 31.5. The van der Waals surface area contributed by atoms with Crippen LogP contribution < -0.4 is 10.2 Å². The Morgan fingerprint density at radius 3 is 2.16 bits per heavy atom. The van der Waals surface area contributed by atoms with Gasteiger partial charge in [0, 0.05) is 17.7 Å². The summed E-state index contributed by atoms with van der Waals surface area (Å²) in [6, 6.07) is 6.77. The van der Waals surface area contributed by atoms with Crippen LogP contribution in [0.15, 0.2) is 45.6 Å². The lowest BCUT2D eigenvalue weighted by Gasteiger charge is -2.53. The summed E-state index contributed by atoms with van der Waals surface area (Å²) < 4.78 is 22.3. The van der Waals surface area contributed by atoms with E-state index in [1.165, 1.54) is 31.2 Å². The minimum atomic E-state index is -3.15. The molecule has 43 heavy (non-hydrogen) atoms. The van der Waals surface area contributed by atoms with Crippen LogP contribution in [0.2, 0.25) is 0 Å². The summed E-state index contributed by atoms with van der Waals surface area (Å²) in [6.07, 6.45) is -18.9. The first-order chi connectivity index (χ1) is 20.2. The number of rotatable bonds is 5. The number of aliphatic carboxylic acids is 1. The summed E-state index contributed by atoms with van der Waals surface area (Å²) in [7, 11) is 0. The number of hydrogen-bond acceptors (Lipinski definition) is 15. The molecule has 2 aromatic carbocycles. The van der Waals surface area contributed by atoms with Crippen molar-refractivity contribution in [3.8, 4) is 34.3 Å². The van der Waals surface area contributed by atoms with Crippen molar-refractivity contribution in [2.45, 2.75) is 67.6 Å². The molecule has 16 heteroatoms. The Bertz CT molecular complexity index is 1590. The number of benzene rings is 2. The normalized spacial score (nSPS) is 34.6. The van der Waals surface area contributed by atoms with E-state index in [4.69, 9.17) is 18.6 Å². The van der Waals surface area contributed by atoms with E-state index in [1.54, 1.807) is 0 Å². The fourth-order valence-corrected chi connectivity index (χ4v) is 5.25. The first-order valence-corrected chi connectivity index (χ1v) is 12.8. The number of ether oxygens (including phenoxy) is 3.